The molecule has 260 valence electrons. The average molecular weight is 743 g/mol. The predicted molar refractivity (Wildman–Crippen MR) is 214 cm³/mol. The zero-order valence-electron chi connectivity index (χ0n) is 28.4. The van der Waals surface area contributed by atoms with Crippen LogP contribution >= 0.6 is 34.7 Å². The molecule has 0 radical (unpaired) electrons. The van der Waals surface area contributed by atoms with E-state index in [0.29, 0.717) is 27.3 Å². The number of hydrogen-bond donors (Lipinski definition) is 3. The van der Waals surface area contributed by atoms with Crippen molar-refractivity contribution in [2.75, 3.05) is 10.6 Å². The summed E-state index contributed by atoms with van der Waals surface area (Å²) in [4.78, 5) is 46.1. The fraction of sp³-hybridized carbons (Fsp3) is 0.0952. The van der Waals surface area contributed by atoms with Crippen molar-refractivity contribution in [3.8, 4) is 11.3 Å². The molecular formula is C42H35ClN4O3S2. The van der Waals surface area contributed by atoms with Gasteiger partial charge in [0.2, 0.25) is 5.91 Å². The standard InChI is InChI=1S/C42H35ClN4O3S2/c1-27(2)29-18-16-28(17-19-29)24-36(45-39(48)32-12-7-4-8-13-32)40(49)44-34-14-9-15-35(25-34)52-38(31-10-5-3-6-11-31)41(50)47-42-46-37(26-51-42)30-20-22-33(43)23-21-30/h3-27,38H,1-2H3,(H,44,49)(H,45,48)(H,46,47,50)/b36-24+. The van der Waals surface area contributed by atoms with Crippen molar-refractivity contribution < 1.29 is 14.4 Å². The fourth-order valence-electron chi connectivity index (χ4n) is 5.22. The molecule has 7 nitrogen and oxygen atoms in total. The number of rotatable bonds is 12. The van der Waals surface area contributed by atoms with E-state index in [1.807, 2.05) is 96.4 Å². The number of anilines is 2. The van der Waals surface area contributed by atoms with E-state index in [4.69, 9.17) is 11.6 Å². The lowest BCUT2D eigenvalue weighted by Gasteiger charge is -2.17. The highest BCUT2D eigenvalue weighted by atomic mass is 35.5. The molecule has 0 bridgehead atoms. The molecule has 0 aliphatic carbocycles. The van der Waals surface area contributed by atoms with Gasteiger partial charge in [-0.1, -0.05) is 116 Å². The lowest BCUT2D eigenvalue weighted by Crippen LogP contribution is -2.30. The summed E-state index contributed by atoms with van der Waals surface area (Å²) in [5, 5.41) is 11.1. The fourth-order valence-corrected chi connectivity index (χ4v) is 7.16. The van der Waals surface area contributed by atoms with Gasteiger partial charge >= 0.3 is 0 Å². The van der Waals surface area contributed by atoms with Crippen LogP contribution in [-0.4, -0.2) is 22.7 Å². The van der Waals surface area contributed by atoms with Crippen LogP contribution in [0, 0.1) is 0 Å². The Bertz CT molecular complexity index is 2190. The number of benzene rings is 5. The number of thiazole rings is 1. The summed E-state index contributed by atoms with van der Waals surface area (Å²) in [6, 6.07) is 40.8. The van der Waals surface area contributed by atoms with Crippen LogP contribution in [0.2, 0.25) is 5.02 Å². The molecule has 0 saturated carbocycles. The molecule has 1 atom stereocenters. The second-order valence-electron chi connectivity index (χ2n) is 12.1. The smallest absolute Gasteiger partial charge is 0.272 e. The third-order valence-corrected chi connectivity index (χ3v) is 10.3. The highest BCUT2D eigenvalue weighted by Gasteiger charge is 2.24. The molecule has 6 rings (SSSR count). The Kier molecular flexibility index (Phi) is 12.0. The van der Waals surface area contributed by atoms with Crippen LogP contribution in [0.4, 0.5) is 10.8 Å². The van der Waals surface area contributed by atoms with Crippen LogP contribution in [0.15, 0.2) is 149 Å². The Morgan fingerprint density at radius 3 is 2.15 bits per heavy atom. The molecule has 0 aliphatic heterocycles. The van der Waals surface area contributed by atoms with Gasteiger partial charge in [-0.2, -0.15) is 0 Å². The minimum atomic E-state index is -0.621. The number of amides is 3. The van der Waals surface area contributed by atoms with Gasteiger partial charge in [-0.15, -0.1) is 23.1 Å². The first-order valence-electron chi connectivity index (χ1n) is 16.6. The van der Waals surface area contributed by atoms with E-state index in [2.05, 4.69) is 34.8 Å². The molecule has 1 unspecified atom stereocenters. The normalized spacial score (nSPS) is 11.9. The first-order valence-corrected chi connectivity index (χ1v) is 18.7. The van der Waals surface area contributed by atoms with Crippen molar-refractivity contribution in [1.82, 2.24) is 10.3 Å². The summed E-state index contributed by atoms with van der Waals surface area (Å²) in [5.41, 5.74) is 5.41. The van der Waals surface area contributed by atoms with Crippen molar-refractivity contribution in [2.45, 2.75) is 29.9 Å². The van der Waals surface area contributed by atoms with E-state index in [1.165, 1.54) is 28.7 Å². The first kappa shape index (κ1) is 36.3. The number of carbonyl (C=O) groups excluding carboxylic acids is 3. The molecule has 0 saturated heterocycles. The third kappa shape index (κ3) is 9.64. The van der Waals surface area contributed by atoms with E-state index < -0.39 is 17.1 Å². The average Bonchev–Trinajstić information content (AvgIpc) is 3.63. The van der Waals surface area contributed by atoms with Crippen molar-refractivity contribution in [3.63, 3.8) is 0 Å². The molecular weight excluding hydrogens is 708 g/mol. The zero-order valence-corrected chi connectivity index (χ0v) is 30.8. The number of nitrogens with one attached hydrogen (secondary N) is 3. The number of aromatic nitrogens is 1. The highest BCUT2D eigenvalue weighted by Crippen LogP contribution is 2.38. The maximum absolute atomic E-state index is 13.8. The predicted octanol–water partition coefficient (Wildman–Crippen LogP) is 10.5. The topological polar surface area (TPSA) is 100 Å². The Balaban J connectivity index is 1.21. The Labute approximate surface area is 316 Å². The Morgan fingerprint density at radius 2 is 1.46 bits per heavy atom. The third-order valence-electron chi connectivity index (χ3n) is 8.00. The summed E-state index contributed by atoms with van der Waals surface area (Å²) < 4.78 is 0. The maximum atomic E-state index is 13.8. The molecule has 0 spiro atoms. The van der Waals surface area contributed by atoms with Crippen LogP contribution in [0.1, 0.15) is 52.1 Å². The van der Waals surface area contributed by atoms with Gasteiger partial charge in [0.25, 0.3) is 11.8 Å². The van der Waals surface area contributed by atoms with Crippen LogP contribution in [0.3, 0.4) is 0 Å². The summed E-state index contributed by atoms with van der Waals surface area (Å²) in [7, 11) is 0. The van der Waals surface area contributed by atoms with Gasteiger partial charge in [0.1, 0.15) is 10.9 Å². The minimum absolute atomic E-state index is 0.0900. The summed E-state index contributed by atoms with van der Waals surface area (Å²) in [6.07, 6.45) is 1.66. The lowest BCUT2D eigenvalue weighted by molar-refractivity contribution is -0.116. The zero-order chi connectivity index (χ0) is 36.5. The van der Waals surface area contributed by atoms with Crippen LogP contribution in [0.25, 0.3) is 17.3 Å². The van der Waals surface area contributed by atoms with E-state index in [1.54, 1.807) is 48.5 Å². The number of thioether (sulfide) groups is 1. The van der Waals surface area contributed by atoms with Crippen LogP contribution < -0.4 is 16.0 Å². The molecule has 0 aliphatic rings. The molecule has 52 heavy (non-hydrogen) atoms. The van der Waals surface area contributed by atoms with E-state index in [-0.39, 0.29) is 11.6 Å². The second kappa shape index (κ2) is 17.2. The second-order valence-corrected chi connectivity index (χ2v) is 14.6. The molecule has 10 heteroatoms. The van der Waals surface area contributed by atoms with E-state index >= 15 is 0 Å². The molecule has 1 aromatic heterocycles. The van der Waals surface area contributed by atoms with Gasteiger partial charge < -0.3 is 16.0 Å². The molecule has 3 amide bonds. The van der Waals surface area contributed by atoms with Crippen LogP contribution in [-0.2, 0) is 9.59 Å². The lowest BCUT2D eigenvalue weighted by atomic mass is 10.0. The summed E-state index contributed by atoms with van der Waals surface area (Å²) in [5.74, 6) is -0.768. The number of nitrogens with zero attached hydrogens (tertiary/aromatic N) is 1. The van der Waals surface area contributed by atoms with E-state index in [0.717, 1.165) is 27.3 Å². The number of halogens is 1. The summed E-state index contributed by atoms with van der Waals surface area (Å²) >= 11 is 8.74. The maximum Gasteiger partial charge on any atom is 0.272 e. The molecule has 1 heterocycles. The minimum Gasteiger partial charge on any atom is -0.321 e. The molecule has 3 N–H and O–H groups in total. The quantitative estimate of drug-likeness (QED) is 0.0856. The first-order chi connectivity index (χ1) is 25.2. The number of carbonyl (C=O) groups is 3. The van der Waals surface area contributed by atoms with Gasteiger partial charge in [0.15, 0.2) is 5.13 Å². The van der Waals surface area contributed by atoms with Crippen molar-refractivity contribution >= 4 is 69.3 Å². The van der Waals surface area contributed by atoms with Crippen molar-refractivity contribution in [2.24, 2.45) is 0 Å². The van der Waals surface area contributed by atoms with Crippen molar-refractivity contribution in [3.05, 3.63) is 172 Å². The van der Waals surface area contributed by atoms with Gasteiger partial charge in [-0.25, -0.2) is 4.98 Å². The summed E-state index contributed by atoms with van der Waals surface area (Å²) in [6.45, 7) is 4.23. The van der Waals surface area contributed by atoms with Crippen LogP contribution in [0.5, 0.6) is 0 Å². The van der Waals surface area contributed by atoms with Gasteiger partial charge in [-0.05, 0) is 71.1 Å². The molecule has 5 aromatic carbocycles. The Morgan fingerprint density at radius 1 is 0.769 bits per heavy atom. The van der Waals surface area contributed by atoms with Crippen molar-refractivity contribution in [1.29, 1.82) is 0 Å². The van der Waals surface area contributed by atoms with E-state index in [9.17, 15) is 14.4 Å². The largest absolute Gasteiger partial charge is 0.321 e. The molecule has 0 fully saturated rings. The monoisotopic (exact) mass is 742 g/mol. The van der Waals surface area contributed by atoms with Gasteiger partial charge in [-0.3, -0.25) is 14.4 Å². The van der Waals surface area contributed by atoms with Gasteiger partial charge in [0, 0.05) is 32.1 Å². The Hall–Kier alpha value is -5.48. The number of hydrogen-bond acceptors (Lipinski definition) is 6. The highest BCUT2D eigenvalue weighted by molar-refractivity contribution is 8.00. The van der Waals surface area contributed by atoms with Gasteiger partial charge in [0.05, 0.1) is 5.69 Å². The molecule has 6 aromatic rings. The SMILES string of the molecule is CC(C)c1ccc(/C=C(/NC(=O)c2ccccc2)C(=O)Nc2cccc(SC(C(=O)Nc3nc(-c4ccc(Cl)cc4)cs3)c3ccccc3)c2)cc1.